The molecule has 0 bridgehead atoms. The van der Waals surface area contributed by atoms with Crippen molar-refractivity contribution in [1.82, 2.24) is 15.6 Å². The van der Waals surface area contributed by atoms with E-state index in [0.29, 0.717) is 13.2 Å². The predicted octanol–water partition coefficient (Wildman–Crippen LogP) is 2.88. The van der Waals surface area contributed by atoms with E-state index in [1.165, 1.54) is 16.7 Å². The van der Waals surface area contributed by atoms with Crippen LogP contribution in [0.4, 0.5) is 0 Å². The molecule has 0 spiro atoms. The molecule has 0 radical (unpaired) electrons. The van der Waals surface area contributed by atoms with Gasteiger partial charge in [0.05, 0.1) is 6.54 Å². The molecule has 134 valence electrons. The molecular formula is C20H28N4O. The van der Waals surface area contributed by atoms with E-state index in [1.807, 2.05) is 24.5 Å². The van der Waals surface area contributed by atoms with Crippen LogP contribution in [0.3, 0.4) is 0 Å². The molecule has 0 atom stereocenters. The van der Waals surface area contributed by atoms with Crippen LogP contribution < -0.4 is 15.4 Å². The Morgan fingerprint density at radius 3 is 2.64 bits per heavy atom. The number of guanidine groups is 1. The predicted molar refractivity (Wildman–Crippen MR) is 103 cm³/mol. The van der Waals surface area contributed by atoms with E-state index in [-0.39, 0.29) is 0 Å². The van der Waals surface area contributed by atoms with Crippen molar-refractivity contribution >= 4 is 5.96 Å². The molecule has 2 aromatic rings. The lowest BCUT2D eigenvalue weighted by Crippen LogP contribution is -2.39. The summed E-state index contributed by atoms with van der Waals surface area (Å²) in [6.45, 7) is 9.08. The van der Waals surface area contributed by atoms with Crippen molar-refractivity contribution in [2.24, 2.45) is 4.99 Å². The standard InChI is InChI=1S/C20H28N4O/c1-4-22-20(23-12-10-18-9-11-21-15-17(18)3)24-13-14-25-19-7-5-16(2)6-8-19/h5-9,11,15H,4,10,12-14H2,1-3H3,(H2,22,23,24). The largest absolute Gasteiger partial charge is 0.492 e. The minimum absolute atomic E-state index is 0.594. The summed E-state index contributed by atoms with van der Waals surface area (Å²) >= 11 is 0. The van der Waals surface area contributed by atoms with Gasteiger partial charge < -0.3 is 15.4 Å². The van der Waals surface area contributed by atoms with Gasteiger partial charge in [-0.15, -0.1) is 0 Å². The van der Waals surface area contributed by atoms with E-state index >= 15 is 0 Å². The molecule has 0 saturated carbocycles. The number of benzene rings is 1. The maximum absolute atomic E-state index is 5.73. The van der Waals surface area contributed by atoms with Crippen LogP contribution in [0.15, 0.2) is 47.7 Å². The molecular weight excluding hydrogens is 312 g/mol. The SMILES string of the molecule is CCNC(=NCCc1ccncc1C)NCCOc1ccc(C)cc1. The van der Waals surface area contributed by atoms with Gasteiger partial charge in [0, 0.05) is 25.5 Å². The smallest absolute Gasteiger partial charge is 0.191 e. The Balaban J connectivity index is 1.75. The third-order valence-corrected chi connectivity index (χ3v) is 3.82. The lowest BCUT2D eigenvalue weighted by atomic mass is 10.1. The van der Waals surface area contributed by atoms with Gasteiger partial charge >= 0.3 is 0 Å². The number of ether oxygens (including phenoxy) is 1. The first-order valence-electron chi connectivity index (χ1n) is 8.80. The first kappa shape index (κ1) is 18.8. The zero-order chi connectivity index (χ0) is 17.9. The molecule has 2 rings (SSSR count). The van der Waals surface area contributed by atoms with E-state index < -0.39 is 0 Å². The van der Waals surface area contributed by atoms with Crippen molar-refractivity contribution in [3.05, 3.63) is 59.4 Å². The minimum atomic E-state index is 0.594. The molecule has 0 amide bonds. The number of aromatic nitrogens is 1. The summed E-state index contributed by atoms with van der Waals surface area (Å²) in [6, 6.07) is 10.1. The lowest BCUT2D eigenvalue weighted by molar-refractivity contribution is 0.322. The normalized spacial score (nSPS) is 11.2. The zero-order valence-electron chi connectivity index (χ0n) is 15.4. The van der Waals surface area contributed by atoms with E-state index in [0.717, 1.165) is 31.2 Å². The van der Waals surface area contributed by atoms with E-state index in [4.69, 9.17) is 4.74 Å². The van der Waals surface area contributed by atoms with Gasteiger partial charge in [0.25, 0.3) is 0 Å². The molecule has 5 nitrogen and oxygen atoms in total. The summed E-state index contributed by atoms with van der Waals surface area (Å²) in [7, 11) is 0. The molecule has 25 heavy (non-hydrogen) atoms. The summed E-state index contributed by atoms with van der Waals surface area (Å²) < 4.78 is 5.73. The Hall–Kier alpha value is -2.56. The second kappa shape index (κ2) is 10.3. The number of hydrogen-bond donors (Lipinski definition) is 2. The molecule has 1 aromatic heterocycles. The average Bonchev–Trinajstić information content (AvgIpc) is 2.62. The second-order valence-electron chi connectivity index (χ2n) is 5.90. The van der Waals surface area contributed by atoms with Crippen LogP contribution in [0, 0.1) is 13.8 Å². The van der Waals surface area contributed by atoms with Crippen LogP contribution in [0.25, 0.3) is 0 Å². The van der Waals surface area contributed by atoms with Crippen molar-refractivity contribution < 1.29 is 4.74 Å². The molecule has 5 heteroatoms. The first-order valence-corrected chi connectivity index (χ1v) is 8.80. The van der Waals surface area contributed by atoms with E-state index in [2.05, 4.69) is 59.6 Å². The molecule has 0 saturated heterocycles. The molecule has 2 N–H and O–H groups in total. The van der Waals surface area contributed by atoms with Gasteiger partial charge in [0.1, 0.15) is 12.4 Å². The van der Waals surface area contributed by atoms with Gasteiger partial charge in [-0.1, -0.05) is 17.7 Å². The van der Waals surface area contributed by atoms with Crippen molar-refractivity contribution in [1.29, 1.82) is 0 Å². The molecule has 1 heterocycles. The van der Waals surface area contributed by atoms with Crippen LogP contribution in [-0.2, 0) is 6.42 Å². The van der Waals surface area contributed by atoms with Crippen LogP contribution >= 0.6 is 0 Å². The topological polar surface area (TPSA) is 58.5 Å². The zero-order valence-corrected chi connectivity index (χ0v) is 15.4. The summed E-state index contributed by atoms with van der Waals surface area (Å²) in [5.41, 5.74) is 3.73. The Labute approximate surface area is 150 Å². The maximum Gasteiger partial charge on any atom is 0.191 e. The fourth-order valence-corrected chi connectivity index (χ4v) is 2.39. The van der Waals surface area contributed by atoms with Crippen molar-refractivity contribution in [3.63, 3.8) is 0 Å². The number of rotatable bonds is 8. The summed E-state index contributed by atoms with van der Waals surface area (Å²) in [5, 5.41) is 6.57. The van der Waals surface area contributed by atoms with Gasteiger partial charge in [-0.25, -0.2) is 0 Å². The van der Waals surface area contributed by atoms with Gasteiger partial charge in [0.2, 0.25) is 0 Å². The minimum Gasteiger partial charge on any atom is -0.492 e. The molecule has 0 aliphatic carbocycles. The van der Waals surface area contributed by atoms with Crippen molar-refractivity contribution in [2.45, 2.75) is 27.2 Å². The third kappa shape index (κ3) is 6.83. The molecule has 0 fully saturated rings. The first-order chi connectivity index (χ1) is 12.2. The Bertz CT molecular complexity index is 668. The van der Waals surface area contributed by atoms with Crippen LogP contribution in [0.5, 0.6) is 5.75 Å². The number of aliphatic imine (C=N–C) groups is 1. The molecule has 0 unspecified atom stereocenters. The van der Waals surface area contributed by atoms with Crippen LogP contribution in [0.1, 0.15) is 23.6 Å². The fraction of sp³-hybridized carbons (Fsp3) is 0.400. The Morgan fingerprint density at radius 1 is 1.12 bits per heavy atom. The summed E-state index contributed by atoms with van der Waals surface area (Å²) in [6.07, 6.45) is 4.63. The Morgan fingerprint density at radius 2 is 1.92 bits per heavy atom. The Kier molecular flexibility index (Phi) is 7.76. The quantitative estimate of drug-likeness (QED) is 0.441. The molecule has 1 aromatic carbocycles. The third-order valence-electron chi connectivity index (χ3n) is 3.82. The van der Waals surface area contributed by atoms with Crippen molar-refractivity contribution in [3.8, 4) is 5.75 Å². The molecule has 0 aliphatic heterocycles. The van der Waals surface area contributed by atoms with Crippen LogP contribution in [-0.4, -0.2) is 37.2 Å². The highest BCUT2D eigenvalue weighted by Crippen LogP contribution is 2.10. The number of nitrogens with one attached hydrogen (secondary N) is 2. The highest BCUT2D eigenvalue weighted by Gasteiger charge is 2.00. The van der Waals surface area contributed by atoms with Crippen molar-refractivity contribution in [2.75, 3.05) is 26.2 Å². The highest BCUT2D eigenvalue weighted by molar-refractivity contribution is 5.79. The van der Waals surface area contributed by atoms with E-state index in [9.17, 15) is 0 Å². The second-order valence-corrected chi connectivity index (χ2v) is 5.90. The average molecular weight is 340 g/mol. The molecule has 0 aliphatic rings. The fourth-order valence-electron chi connectivity index (χ4n) is 2.39. The number of aryl methyl sites for hydroxylation is 2. The lowest BCUT2D eigenvalue weighted by Gasteiger charge is -2.12. The van der Waals surface area contributed by atoms with Gasteiger partial charge in [-0.05, 0) is 56.5 Å². The van der Waals surface area contributed by atoms with E-state index in [1.54, 1.807) is 0 Å². The van der Waals surface area contributed by atoms with Gasteiger partial charge in [0.15, 0.2) is 5.96 Å². The van der Waals surface area contributed by atoms with Gasteiger partial charge in [-0.3, -0.25) is 9.98 Å². The summed E-state index contributed by atoms with van der Waals surface area (Å²) in [4.78, 5) is 8.75. The maximum atomic E-state index is 5.73. The number of nitrogens with zero attached hydrogens (tertiary/aromatic N) is 2. The number of pyridine rings is 1. The van der Waals surface area contributed by atoms with Crippen LogP contribution in [0.2, 0.25) is 0 Å². The van der Waals surface area contributed by atoms with Gasteiger partial charge in [-0.2, -0.15) is 0 Å². The monoisotopic (exact) mass is 340 g/mol. The number of hydrogen-bond acceptors (Lipinski definition) is 3. The highest BCUT2D eigenvalue weighted by atomic mass is 16.5. The summed E-state index contributed by atoms with van der Waals surface area (Å²) in [5.74, 6) is 1.71.